The number of nitrogens with one attached hydrogen (secondary N) is 2. The molecule has 1 saturated heterocycles. The van der Waals surface area contributed by atoms with Gasteiger partial charge in [0.2, 0.25) is 0 Å². The molecule has 1 aliphatic heterocycles. The van der Waals surface area contributed by atoms with Gasteiger partial charge in [-0.2, -0.15) is 0 Å². The molecule has 1 aromatic rings. The summed E-state index contributed by atoms with van der Waals surface area (Å²) < 4.78 is 23.7. The van der Waals surface area contributed by atoms with Crippen LogP contribution in [0, 0.1) is 0 Å². The smallest absolute Gasteiger partial charge is 0.0687 e. The molecule has 0 aliphatic carbocycles. The van der Waals surface area contributed by atoms with E-state index >= 15 is 0 Å². The van der Waals surface area contributed by atoms with Gasteiger partial charge < -0.3 is 19.5 Å². The second-order valence-corrected chi connectivity index (χ2v) is 4.26. The van der Waals surface area contributed by atoms with E-state index in [4.69, 9.17) is 0 Å². The molecule has 0 aromatic heterocycles. The monoisotopic (exact) mass is 240 g/mol. The van der Waals surface area contributed by atoms with Crippen molar-refractivity contribution in [2.45, 2.75) is 0 Å². The molecule has 1 heterocycles. The fourth-order valence-electron chi connectivity index (χ4n) is 1.83. The molecule has 2 N–H and O–H groups in total. The minimum absolute atomic E-state index is 0.637. The van der Waals surface area contributed by atoms with Crippen molar-refractivity contribution in [3.05, 3.63) is 24.3 Å². The topological polar surface area (TPSA) is 67.4 Å². The maximum absolute atomic E-state index is 10.7. The third kappa shape index (κ3) is 2.72. The normalized spacial score (nSPS) is 18.2. The first-order valence-corrected chi connectivity index (χ1v) is 6.25. The molecule has 1 aliphatic rings. The zero-order valence-electron chi connectivity index (χ0n) is 8.81. The Bertz CT molecular complexity index is 380. The quantitative estimate of drug-likeness (QED) is 0.746. The van der Waals surface area contributed by atoms with Gasteiger partial charge in [-0.25, -0.2) is 0 Å². The van der Waals surface area contributed by atoms with Crippen LogP contribution < -0.4 is 14.9 Å². The molecule has 2 rings (SSSR count). The van der Waals surface area contributed by atoms with Gasteiger partial charge in [-0.15, -0.1) is 0 Å². The molecule has 1 aromatic carbocycles. The summed E-state index contributed by atoms with van der Waals surface area (Å²) in [5.74, 6) is 0. The van der Waals surface area contributed by atoms with Gasteiger partial charge in [-0.1, -0.05) is 12.1 Å². The molecule has 0 amide bonds. The molecule has 6 heteroatoms. The fourth-order valence-corrected chi connectivity index (χ4v) is 2.18. The SMILES string of the molecule is O=S([O-])Nc1ccccc1N1CCNCC1. The third-order valence-corrected chi connectivity index (χ3v) is 2.94. The molecule has 0 saturated carbocycles. The maximum Gasteiger partial charge on any atom is 0.0687 e. The van der Waals surface area contributed by atoms with E-state index in [0.717, 1.165) is 31.9 Å². The highest BCUT2D eigenvalue weighted by Gasteiger charge is 2.13. The van der Waals surface area contributed by atoms with E-state index in [-0.39, 0.29) is 0 Å². The Balaban J connectivity index is 2.20. The lowest BCUT2D eigenvalue weighted by Crippen LogP contribution is -2.43. The van der Waals surface area contributed by atoms with Crippen molar-refractivity contribution in [1.82, 2.24) is 5.32 Å². The molecule has 1 fully saturated rings. The van der Waals surface area contributed by atoms with Crippen LogP contribution in [0.5, 0.6) is 0 Å². The lowest BCUT2D eigenvalue weighted by atomic mass is 10.2. The minimum atomic E-state index is -2.27. The second kappa shape index (κ2) is 5.29. The number of anilines is 2. The zero-order chi connectivity index (χ0) is 11.4. The Morgan fingerprint density at radius 2 is 2.00 bits per heavy atom. The van der Waals surface area contributed by atoms with Gasteiger partial charge in [0.25, 0.3) is 0 Å². The second-order valence-electron chi connectivity index (χ2n) is 3.59. The van der Waals surface area contributed by atoms with Crippen molar-refractivity contribution in [2.24, 2.45) is 0 Å². The minimum Gasteiger partial charge on any atom is -0.755 e. The Kier molecular flexibility index (Phi) is 3.76. The molecule has 0 bridgehead atoms. The first-order valence-electron chi connectivity index (χ1n) is 5.18. The van der Waals surface area contributed by atoms with Crippen molar-refractivity contribution in [3.8, 4) is 0 Å². The molecule has 1 atom stereocenters. The van der Waals surface area contributed by atoms with Crippen molar-refractivity contribution in [2.75, 3.05) is 35.8 Å². The molecular formula is C10H14N3O2S-. The Labute approximate surface area is 97.3 Å². The molecule has 88 valence electrons. The predicted molar refractivity (Wildman–Crippen MR) is 64.1 cm³/mol. The van der Waals surface area contributed by atoms with E-state index < -0.39 is 11.3 Å². The van der Waals surface area contributed by atoms with E-state index in [1.54, 1.807) is 6.07 Å². The van der Waals surface area contributed by atoms with Crippen LogP contribution in [0.4, 0.5) is 11.4 Å². The van der Waals surface area contributed by atoms with E-state index in [1.807, 2.05) is 18.2 Å². The molecule has 5 nitrogen and oxygen atoms in total. The first-order chi connectivity index (χ1) is 7.77. The summed E-state index contributed by atoms with van der Waals surface area (Å²) in [4.78, 5) is 2.17. The molecule has 16 heavy (non-hydrogen) atoms. The molecule has 1 unspecified atom stereocenters. The van der Waals surface area contributed by atoms with Crippen LogP contribution in [-0.2, 0) is 11.3 Å². The van der Waals surface area contributed by atoms with Crippen molar-refractivity contribution in [1.29, 1.82) is 0 Å². The van der Waals surface area contributed by atoms with Crippen LogP contribution in [0.1, 0.15) is 0 Å². The Hall–Kier alpha value is -1.11. The van der Waals surface area contributed by atoms with E-state index in [2.05, 4.69) is 14.9 Å². The average Bonchev–Trinajstić information content (AvgIpc) is 2.30. The first kappa shape index (κ1) is 11.4. The van der Waals surface area contributed by atoms with Gasteiger partial charge in [0.05, 0.1) is 11.4 Å². The number of piperazine rings is 1. The number of para-hydroxylation sites is 2. The predicted octanol–water partition coefficient (Wildman–Crippen LogP) is 0.302. The Morgan fingerprint density at radius 1 is 1.31 bits per heavy atom. The summed E-state index contributed by atoms with van der Waals surface area (Å²) in [7, 11) is 0. The van der Waals surface area contributed by atoms with E-state index in [1.165, 1.54) is 0 Å². The molecule has 0 spiro atoms. The summed E-state index contributed by atoms with van der Waals surface area (Å²) >= 11 is -2.27. The summed E-state index contributed by atoms with van der Waals surface area (Å²) in [5.41, 5.74) is 1.57. The van der Waals surface area contributed by atoms with Gasteiger partial charge in [0.15, 0.2) is 0 Å². The van der Waals surface area contributed by atoms with Crippen LogP contribution in [0.15, 0.2) is 24.3 Å². The molecule has 0 radical (unpaired) electrons. The van der Waals surface area contributed by atoms with Crippen molar-refractivity contribution < 1.29 is 8.76 Å². The highest BCUT2D eigenvalue weighted by Crippen LogP contribution is 2.25. The Morgan fingerprint density at radius 3 is 2.69 bits per heavy atom. The summed E-state index contributed by atoms with van der Waals surface area (Å²) in [6, 6.07) is 7.44. The number of hydrogen-bond donors (Lipinski definition) is 2. The lowest BCUT2D eigenvalue weighted by molar-refractivity contribution is 0.542. The summed E-state index contributed by atoms with van der Waals surface area (Å²) in [6.07, 6.45) is 0. The highest BCUT2D eigenvalue weighted by molar-refractivity contribution is 7.80. The van der Waals surface area contributed by atoms with Crippen LogP contribution in [0.3, 0.4) is 0 Å². The van der Waals surface area contributed by atoms with Crippen molar-refractivity contribution >= 4 is 22.6 Å². The van der Waals surface area contributed by atoms with Crippen LogP contribution in [0.2, 0.25) is 0 Å². The summed E-state index contributed by atoms with van der Waals surface area (Å²) in [5, 5.41) is 3.26. The largest absolute Gasteiger partial charge is 0.755 e. The van der Waals surface area contributed by atoms with Gasteiger partial charge in [-0.05, 0) is 12.1 Å². The van der Waals surface area contributed by atoms with E-state index in [9.17, 15) is 8.76 Å². The van der Waals surface area contributed by atoms with Crippen LogP contribution in [-0.4, -0.2) is 34.9 Å². The van der Waals surface area contributed by atoms with E-state index in [0.29, 0.717) is 5.69 Å². The van der Waals surface area contributed by atoms with Gasteiger partial charge in [0.1, 0.15) is 0 Å². The highest BCUT2D eigenvalue weighted by atomic mass is 32.2. The number of benzene rings is 1. The number of hydrogen-bond acceptors (Lipinski definition) is 4. The zero-order valence-corrected chi connectivity index (χ0v) is 9.63. The summed E-state index contributed by atoms with van der Waals surface area (Å²) in [6.45, 7) is 3.64. The van der Waals surface area contributed by atoms with Crippen LogP contribution >= 0.6 is 0 Å². The van der Waals surface area contributed by atoms with Gasteiger partial charge in [-0.3, -0.25) is 4.21 Å². The van der Waals surface area contributed by atoms with Gasteiger partial charge >= 0.3 is 0 Å². The van der Waals surface area contributed by atoms with Crippen molar-refractivity contribution in [3.63, 3.8) is 0 Å². The standard InChI is InChI=1S/C10H15N3O2S/c14-16(15)12-9-3-1-2-4-10(9)13-7-5-11-6-8-13/h1-4,11-12H,5-8H2,(H,14,15)/p-1. The van der Waals surface area contributed by atoms with Gasteiger partial charge in [0, 0.05) is 37.4 Å². The molecular weight excluding hydrogens is 226 g/mol. The lowest BCUT2D eigenvalue weighted by Gasteiger charge is -2.31. The number of rotatable bonds is 3. The number of nitrogens with zero attached hydrogens (tertiary/aromatic N) is 1. The average molecular weight is 240 g/mol. The fraction of sp³-hybridized carbons (Fsp3) is 0.400. The third-order valence-electron chi connectivity index (χ3n) is 2.56. The maximum atomic E-state index is 10.7. The van der Waals surface area contributed by atoms with Crippen LogP contribution in [0.25, 0.3) is 0 Å².